The Morgan fingerprint density at radius 2 is 2.04 bits per heavy atom. The van der Waals surface area contributed by atoms with Gasteiger partial charge in [-0.2, -0.15) is 0 Å². The Kier molecular flexibility index (Phi) is 5.67. The third-order valence-electron chi connectivity index (χ3n) is 5.55. The first kappa shape index (κ1) is 19.3. The highest BCUT2D eigenvalue weighted by atomic mass is 32.2. The van der Waals surface area contributed by atoms with Gasteiger partial charge in [-0.3, -0.25) is 4.79 Å². The molecule has 2 aliphatic rings. The lowest BCUT2D eigenvalue weighted by atomic mass is 9.69. The zero-order valence-electron chi connectivity index (χ0n) is 15.2. The van der Waals surface area contributed by atoms with Gasteiger partial charge in [0.2, 0.25) is 15.9 Å². The second-order valence-electron chi connectivity index (χ2n) is 7.77. The van der Waals surface area contributed by atoms with Crippen LogP contribution in [0.4, 0.5) is 4.39 Å². The number of nitrogens with zero attached hydrogens (tertiary/aromatic N) is 1. The number of carbonyl (C=O) groups excluding carboxylic acids is 1. The van der Waals surface area contributed by atoms with Crippen LogP contribution in [-0.4, -0.2) is 44.6 Å². The minimum Gasteiger partial charge on any atom is -0.341 e. The SMILES string of the molecule is CS(=O)(=O)NC1CCN(C(=O)C2(Cc3cccc(F)c3)CCCCC2)C1. The number of nitrogens with one attached hydrogen (secondary N) is 1. The van der Waals surface area contributed by atoms with Gasteiger partial charge in [-0.25, -0.2) is 17.5 Å². The van der Waals surface area contributed by atoms with Crippen LogP contribution in [0.25, 0.3) is 0 Å². The minimum atomic E-state index is -3.28. The van der Waals surface area contributed by atoms with Crippen LogP contribution in [0.1, 0.15) is 44.1 Å². The molecule has 1 N–H and O–H groups in total. The van der Waals surface area contributed by atoms with E-state index in [1.165, 1.54) is 12.1 Å². The summed E-state index contributed by atoms with van der Waals surface area (Å²) in [5.74, 6) is -0.182. The van der Waals surface area contributed by atoms with Crippen LogP contribution in [0.2, 0.25) is 0 Å². The van der Waals surface area contributed by atoms with Gasteiger partial charge in [0, 0.05) is 19.1 Å². The Hall–Kier alpha value is -1.47. The van der Waals surface area contributed by atoms with Crippen molar-refractivity contribution in [1.29, 1.82) is 0 Å². The summed E-state index contributed by atoms with van der Waals surface area (Å²) in [6, 6.07) is 6.28. The summed E-state index contributed by atoms with van der Waals surface area (Å²) in [7, 11) is -3.28. The topological polar surface area (TPSA) is 66.5 Å². The van der Waals surface area contributed by atoms with Crippen LogP contribution >= 0.6 is 0 Å². The molecule has 0 spiro atoms. The van der Waals surface area contributed by atoms with E-state index in [4.69, 9.17) is 0 Å². The van der Waals surface area contributed by atoms with E-state index in [-0.39, 0.29) is 17.8 Å². The first-order chi connectivity index (χ1) is 12.3. The molecular weight excluding hydrogens is 355 g/mol. The fourth-order valence-corrected chi connectivity index (χ4v) is 5.21. The summed E-state index contributed by atoms with van der Waals surface area (Å²) in [5.41, 5.74) is 0.358. The predicted molar refractivity (Wildman–Crippen MR) is 98.6 cm³/mol. The van der Waals surface area contributed by atoms with E-state index in [1.54, 1.807) is 11.0 Å². The fraction of sp³-hybridized carbons (Fsp3) is 0.632. The van der Waals surface area contributed by atoms with Gasteiger partial charge in [-0.15, -0.1) is 0 Å². The van der Waals surface area contributed by atoms with Crippen LogP contribution in [0, 0.1) is 11.2 Å². The largest absolute Gasteiger partial charge is 0.341 e. The third-order valence-corrected chi connectivity index (χ3v) is 6.31. The normalized spacial score (nSPS) is 23.2. The van der Waals surface area contributed by atoms with E-state index in [2.05, 4.69) is 4.72 Å². The zero-order valence-corrected chi connectivity index (χ0v) is 16.0. The number of carbonyl (C=O) groups is 1. The number of hydrogen-bond donors (Lipinski definition) is 1. The minimum absolute atomic E-state index is 0.0965. The highest BCUT2D eigenvalue weighted by Crippen LogP contribution is 2.41. The molecule has 2 fully saturated rings. The molecule has 1 atom stereocenters. The molecule has 1 aromatic carbocycles. The lowest BCUT2D eigenvalue weighted by molar-refractivity contribution is -0.143. The fourth-order valence-electron chi connectivity index (χ4n) is 4.41. The van der Waals surface area contributed by atoms with Crippen molar-refractivity contribution < 1.29 is 17.6 Å². The summed E-state index contributed by atoms with van der Waals surface area (Å²) >= 11 is 0. The second kappa shape index (κ2) is 7.64. The number of halogens is 1. The quantitative estimate of drug-likeness (QED) is 0.851. The predicted octanol–water partition coefficient (Wildman–Crippen LogP) is 2.47. The molecular formula is C19H27FN2O3S. The molecule has 0 radical (unpaired) electrons. The number of likely N-dealkylation sites (tertiary alicyclic amines) is 1. The van der Waals surface area contributed by atoms with Gasteiger partial charge in [0.05, 0.1) is 11.7 Å². The van der Waals surface area contributed by atoms with Crippen molar-refractivity contribution in [1.82, 2.24) is 9.62 Å². The summed E-state index contributed by atoms with van der Waals surface area (Å²) in [6.45, 7) is 0.980. The van der Waals surface area contributed by atoms with Crippen molar-refractivity contribution in [2.45, 2.75) is 51.0 Å². The Morgan fingerprint density at radius 3 is 2.69 bits per heavy atom. The van der Waals surface area contributed by atoms with Crippen molar-refractivity contribution in [3.8, 4) is 0 Å². The first-order valence-corrected chi connectivity index (χ1v) is 11.2. The maximum absolute atomic E-state index is 13.6. The molecule has 0 aromatic heterocycles. The van der Waals surface area contributed by atoms with E-state index in [0.717, 1.165) is 43.9 Å². The van der Waals surface area contributed by atoms with Gasteiger partial charge in [0.25, 0.3) is 0 Å². The Morgan fingerprint density at radius 1 is 1.31 bits per heavy atom. The smallest absolute Gasteiger partial charge is 0.229 e. The summed E-state index contributed by atoms with van der Waals surface area (Å²) in [4.78, 5) is 15.2. The van der Waals surface area contributed by atoms with Crippen LogP contribution in [-0.2, 0) is 21.2 Å². The number of rotatable bonds is 5. The average Bonchev–Trinajstić information content (AvgIpc) is 3.01. The molecule has 1 saturated carbocycles. The van der Waals surface area contributed by atoms with Gasteiger partial charge >= 0.3 is 0 Å². The number of benzene rings is 1. The van der Waals surface area contributed by atoms with Gasteiger partial charge in [0.1, 0.15) is 5.82 Å². The Bertz CT molecular complexity index is 760. The average molecular weight is 383 g/mol. The molecule has 26 heavy (non-hydrogen) atoms. The molecule has 1 heterocycles. The number of amides is 1. The second-order valence-corrected chi connectivity index (χ2v) is 9.55. The summed E-state index contributed by atoms with van der Waals surface area (Å²) in [5, 5.41) is 0. The van der Waals surface area contributed by atoms with Crippen LogP contribution in [0.5, 0.6) is 0 Å². The van der Waals surface area contributed by atoms with Crippen molar-refractivity contribution in [2.24, 2.45) is 5.41 Å². The lowest BCUT2D eigenvalue weighted by Gasteiger charge is -2.39. The van der Waals surface area contributed by atoms with E-state index in [9.17, 15) is 17.6 Å². The molecule has 1 aromatic rings. The maximum atomic E-state index is 13.6. The molecule has 1 aliphatic carbocycles. The first-order valence-electron chi connectivity index (χ1n) is 9.29. The standard InChI is InChI=1S/C19H27FN2O3S/c1-26(24,25)21-17-8-11-22(14-17)18(23)19(9-3-2-4-10-19)13-15-6-5-7-16(20)12-15/h5-7,12,17,21H,2-4,8-11,13-14H2,1H3. The lowest BCUT2D eigenvalue weighted by Crippen LogP contribution is -2.47. The van der Waals surface area contributed by atoms with E-state index in [0.29, 0.717) is 25.9 Å². The molecule has 144 valence electrons. The van der Waals surface area contributed by atoms with Crippen molar-refractivity contribution in [3.05, 3.63) is 35.6 Å². The van der Waals surface area contributed by atoms with Gasteiger partial charge in [0.15, 0.2) is 0 Å². The molecule has 1 unspecified atom stereocenters. The van der Waals surface area contributed by atoms with Gasteiger partial charge in [-0.1, -0.05) is 31.4 Å². The van der Waals surface area contributed by atoms with E-state index < -0.39 is 15.4 Å². The van der Waals surface area contributed by atoms with Crippen molar-refractivity contribution >= 4 is 15.9 Å². The molecule has 1 saturated heterocycles. The zero-order chi connectivity index (χ0) is 18.8. The van der Waals surface area contributed by atoms with Crippen molar-refractivity contribution in [2.75, 3.05) is 19.3 Å². The van der Waals surface area contributed by atoms with Crippen LogP contribution in [0.15, 0.2) is 24.3 Å². The van der Waals surface area contributed by atoms with Crippen LogP contribution < -0.4 is 4.72 Å². The molecule has 7 heteroatoms. The van der Waals surface area contributed by atoms with E-state index in [1.807, 2.05) is 6.07 Å². The molecule has 1 aliphatic heterocycles. The summed E-state index contributed by atoms with van der Waals surface area (Å²) in [6.07, 6.45) is 7.06. The summed E-state index contributed by atoms with van der Waals surface area (Å²) < 4.78 is 39.1. The van der Waals surface area contributed by atoms with E-state index >= 15 is 0 Å². The Labute approximate surface area is 155 Å². The number of hydrogen-bond acceptors (Lipinski definition) is 3. The molecule has 3 rings (SSSR count). The monoisotopic (exact) mass is 382 g/mol. The number of sulfonamides is 1. The Balaban J connectivity index is 1.76. The van der Waals surface area contributed by atoms with Crippen LogP contribution in [0.3, 0.4) is 0 Å². The highest BCUT2D eigenvalue weighted by Gasteiger charge is 2.43. The van der Waals surface area contributed by atoms with Gasteiger partial charge < -0.3 is 4.90 Å². The van der Waals surface area contributed by atoms with Gasteiger partial charge in [-0.05, 0) is 43.4 Å². The maximum Gasteiger partial charge on any atom is 0.229 e. The highest BCUT2D eigenvalue weighted by molar-refractivity contribution is 7.88. The van der Waals surface area contributed by atoms with Crippen molar-refractivity contribution in [3.63, 3.8) is 0 Å². The molecule has 5 nitrogen and oxygen atoms in total. The molecule has 1 amide bonds. The third kappa shape index (κ3) is 4.62. The molecule has 0 bridgehead atoms.